The van der Waals surface area contributed by atoms with Crippen LogP contribution in [-0.2, 0) is 9.47 Å². The van der Waals surface area contributed by atoms with E-state index in [2.05, 4.69) is 15.0 Å². The molecule has 6 nitrogen and oxygen atoms in total. The molecule has 0 saturated heterocycles. The average molecular weight is 206 g/mol. The molecule has 0 aromatic carbocycles. The maximum Gasteiger partial charge on any atom is 0.297 e. The third-order valence-electron chi connectivity index (χ3n) is 2.19. The summed E-state index contributed by atoms with van der Waals surface area (Å²) in [4.78, 5) is 12.6. The van der Waals surface area contributed by atoms with Crippen molar-refractivity contribution in [2.75, 3.05) is 26.3 Å². The van der Waals surface area contributed by atoms with Crippen molar-refractivity contribution in [2.24, 2.45) is 9.98 Å². The number of rotatable bonds is 1. The Morgan fingerprint density at radius 1 is 1.13 bits per heavy atom. The highest BCUT2D eigenvalue weighted by Crippen LogP contribution is 2.08. The van der Waals surface area contributed by atoms with Crippen molar-refractivity contribution in [3.05, 3.63) is 18.2 Å². The Bertz CT molecular complexity index is 397. The predicted molar refractivity (Wildman–Crippen MR) is 53.2 cm³/mol. The predicted octanol–water partition coefficient (Wildman–Crippen LogP) is -0.106. The summed E-state index contributed by atoms with van der Waals surface area (Å²) in [5.41, 5.74) is 0. The van der Waals surface area contributed by atoms with Gasteiger partial charge in [-0.2, -0.15) is 0 Å². The molecule has 2 aliphatic heterocycles. The lowest BCUT2D eigenvalue weighted by Crippen LogP contribution is -2.18. The van der Waals surface area contributed by atoms with Gasteiger partial charge in [0.15, 0.2) is 0 Å². The van der Waals surface area contributed by atoms with Crippen LogP contribution in [0, 0.1) is 0 Å². The van der Waals surface area contributed by atoms with Gasteiger partial charge in [0.25, 0.3) is 11.9 Å². The minimum atomic E-state index is 0.568. The largest absolute Gasteiger partial charge is 0.473 e. The second kappa shape index (κ2) is 3.38. The Kier molecular flexibility index (Phi) is 1.90. The summed E-state index contributed by atoms with van der Waals surface area (Å²) in [5.74, 6) is 1.23. The first-order valence-corrected chi connectivity index (χ1v) is 4.84. The highest BCUT2D eigenvalue weighted by molar-refractivity contribution is 5.95. The molecule has 0 saturated carbocycles. The van der Waals surface area contributed by atoms with Crippen LogP contribution in [0.3, 0.4) is 0 Å². The molecule has 0 amide bonds. The molecule has 0 radical (unpaired) electrons. The molecule has 3 heterocycles. The zero-order chi connectivity index (χ0) is 10.1. The molecule has 1 aromatic heterocycles. The van der Waals surface area contributed by atoms with Gasteiger partial charge < -0.3 is 9.47 Å². The molecule has 2 aliphatic rings. The number of imidazole rings is 1. The van der Waals surface area contributed by atoms with Gasteiger partial charge in [-0.3, -0.25) is 0 Å². The molecule has 78 valence electrons. The normalized spacial score (nSPS) is 19.5. The third kappa shape index (κ3) is 1.38. The van der Waals surface area contributed by atoms with Gasteiger partial charge in [0.05, 0.1) is 13.1 Å². The van der Waals surface area contributed by atoms with Crippen molar-refractivity contribution in [1.82, 2.24) is 9.55 Å². The zero-order valence-electron chi connectivity index (χ0n) is 8.09. The Morgan fingerprint density at radius 2 is 2.00 bits per heavy atom. The molecule has 0 fully saturated rings. The Labute approximate surface area is 86.3 Å². The molecule has 0 N–H and O–H groups in total. The van der Waals surface area contributed by atoms with Crippen LogP contribution in [-0.4, -0.2) is 47.8 Å². The second-order valence-corrected chi connectivity index (χ2v) is 3.17. The van der Waals surface area contributed by atoms with Gasteiger partial charge >= 0.3 is 0 Å². The van der Waals surface area contributed by atoms with Crippen LogP contribution in [0.15, 0.2) is 22.4 Å². The molecule has 3 rings (SSSR count). The smallest absolute Gasteiger partial charge is 0.297 e. The van der Waals surface area contributed by atoms with E-state index < -0.39 is 0 Å². The lowest BCUT2D eigenvalue weighted by molar-refractivity contribution is 0.329. The number of hydrogen-bond acceptors (Lipinski definition) is 5. The van der Waals surface area contributed by atoms with Gasteiger partial charge in [0.1, 0.15) is 13.2 Å². The molecule has 0 spiro atoms. The summed E-state index contributed by atoms with van der Waals surface area (Å²) in [5, 5.41) is 0. The van der Waals surface area contributed by atoms with Gasteiger partial charge in [0.2, 0.25) is 5.82 Å². The Balaban J connectivity index is 1.98. The number of hydrogen-bond donors (Lipinski definition) is 0. The first kappa shape index (κ1) is 8.46. The standard InChI is InChI=1S/C9H10N4O2/c1-4-13(9-12-3-6-15-9)7(10-1)8-11-2-5-14-8/h1,4H,2-3,5-6H2. The number of aromatic nitrogens is 2. The van der Waals surface area contributed by atoms with Crippen LogP contribution in [0.4, 0.5) is 0 Å². The fourth-order valence-corrected chi connectivity index (χ4v) is 1.56. The second-order valence-electron chi connectivity index (χ2n) is 3.17. The molecular formula is C9H10N4O2. The van der Waals surface area contributed by atoms with E-state index in [1.165, 1.54) is 0 Å². The van der Waals surface area contributed by atoms with Gasteiger partial charge in [-0.05, 0) is 0 Å². The van der Waals surface area contributed by atoms with E-state index in [4.69, 9.17) is 9.47 Å². The van der Waals surface area contributed by atoms with E-state index in [0.29, 0.717) is 44.0 Å². The van der Waals surface area contributed by atoms with Gasteiger partial charge in [-0.1, -0.05) is 0 Å². The van der Waals surface area contributed by atoms with Crippen molar-refractivity contribution in [3.8, 4) is 0 Å². The monoisotopic (exact) mass is 206 g/mol. The minimum absolute atomic E-state index is 0.568. The first-order chi connectivity index (χ1) is 7.45. The van der Waals surface area contributed by atoms with E-state index in [-0.39, 0.29) is 0 Å². The maximum atomic E-state index is 5.36. The lowest BCUT2D eigenvalue weighted by atomic mass is 10.6. The fraction of sp³-hybridized carbons (Fsp3) is 0.444. The van der Waals surface area contributed by atoms with Crippen LogP contribution in [0.5, 0.6) is 0 Å². The van der Waals surface area contributed by atoms with Crippen molar-refractivity contribution in [2.45, 2.75) is 0 Å². The van der Waals surface area contributed by atoms with Crippen LogP contribution < -0.4 is 0 Å². The van der Waals surface area contributed by atoms with Crippen LogP contribution in [0.25, 0.3) is 0 Å². The lowest BCUT2D eigenvalue weighted by Gasteiger charge is -2.06. The van der Waals surface area contributed by atoms with Gasteiger partial charge in [-0.15, -0.1) is 0 Å². The molecule has 0 unspecified atom stereocenters. The molecule has 0 aliphatic carbocycles. The van der Waals surface area contributed by atoms with Gasteiger partial charge in [-0.25, -0.2) is 19.5 Å². The summed E-state index contributed by atoms with van der Waals surface area (Å²) < 4.78 is 12.5. The number of nitrogens with zero attached hydrogens (tertiary/aromatic N) is 4. The maximum absolute atomic E-state index is 5.36. The molecule has 0 atom stereocenters. The van der Waals surface area contributed by atoms with E-state index >= 15 is 0 Å². The number of aliphatic imine (C=N–C) groups is 2. The average Bonchev–Trinajstić information content (AvgIpc) is 3.01. The number of ether oxygens (including phenoxy) is 2. The Hall–Kier alpha value is -1.85. The van der Waals surface area contributed by atoms with Crippen LogP contribution >= 0.6 is 0 Å². The zero-order valence-corrected chi connectivity index (χ0v) is 8.09. The SMILES string of the molecule is c1cn(C2=NCCO2)c(C2=NCCO2)n1. The van der Waals surface area contributed by atoms with E-state index in [1.54, 1.807) is 17.0 Å². The highest BCUT2D eigenvalue weighted by atomic mass is 16.5. The summed E-state index contributed by atoms with van der Waals surface area (Å²) in [7, 11) is 0. The summed E-state index contributed by atoms with van der Waals surface area (Å²) in [6.45, 7) is 2.63. The minimum Gasteiger partial charge on any atom is -0.473 e. The molecule has 1 aromatic rings. The van der Waals surface area contributed by atoms with Crippen molar-refractivity contribution in [3.63, 3.8) is 0 Å². The van der Waals surface area contributed by atoms with Crippen molar-refractivity contribution < 1.29 is 9.47 Å². The highest BCUT2D eigenvalue weighted by Gasteiger charge is 2.20. The summed E-state index contributed by atoms with van der Waals surface area (Å²) >= 11 is 0. The van der Waals surface area contributed by atoms with Gasteiger partial charge in [0, 0.05) is 12.4 Å². The molecule has 15 heavy (non-hydrogen) atoms. The first-order valence-electron chi connectivity index (χ1n) is 4.84. The van der Waals surface area contributed by atoms with E-state index in [1.807, 2.05) is 0 Å². The Morgan fingerprint density at radius 3 is 2.73 bits per heavy atom. The molecule has 6 heteroatoms. The van der Waals surface area contributed by atoms with Crippen molar-refractivity contribution in [1.29, 1.82) is 0 Å². The van der Waals surface area contributed by atoms with Crippen molar-refractivity contribution >= 4 is 11.9 Å². The topological polar surface area (TPSA) is 61.0 Å². The third-order valence-corrected chi connectivity index (χ3v) is 2.19. The van der Waals surface area contributed by atoms with Crippen LogP contribution in [0.1, 0.15) is 5.82 Å². The van der Waals surface area contributed by atoms with Crippen LogP contribution in [0.2, 0.25) is 0 Å². The molecular weight excluding hydrogens is 196 g/mol. The summed E-state index contributed by atoms with van der Waals surface area (Å²) in [6.07, 6.45) is 3.48. The van der Waals surface area contributed by atoms with E-state index in [9.17, 15) is 0 Å². The van der Waals surface area contributed by atoms with E-state index in [0.717, 1.165) is 0 Å². The molecule has 0 bridgehead atoms. The fourth-order valence-electron chi connectivity index (χ4n) is 1.56. The quantitative estimate of drug-likeness (QED) is 0.644. The summed E-state index contributed by atoms with van der Waals surface area (Å²) in [6, 6.07) is 0.570.